The molecule has 0 saturated carbocycles. The van der Waals surface area contributed by atoms with Crippen molar-refractivity contribution in [3.63, 3.8) is 0 Å². The first kappa shape index (κ1) is 19.2. The maximum absolute atomic E-state index is 11.9. The van der Waals surface area contributed by atoms with Crippen LogP contribution < -0.4 is 0 Å². The molecule has 0 fully saturated rings. The predicted octanol–water partition coefficient (Wildman–Crippen LogP) is 5.71. The van der Waals surface area contributed by atoms with E-state index < -0.39 is 0 Å². The predicted molar refractivity (Wildman–Crippen MR) is 100 cm³/mol. The van der Waals surface area contributed by atoms with E-state index in [0.29, 0.717) is 13.0 Å². The van der Waals surface area contributed by atoms with Crippen molar-refractivity contribution in [2.24, 2.45) is 0 Å². The van der Waals surface area contributed by atoms with Gasteiger partial charge in [0.05, 0.1) is 0 Å². The molecule has 0 atom stereocenters. The number of allylic oxidation sites excluding steroid dienone is 7. The fourth-order valence-corrected chi connectivity index (χ4v) is 2.36. The summed E-state index contributed by atoms with van der Waals surface area (Å²) in [7, 11) is 0. The fraction of sp³-hybridized carbons (Fsp3) is 0.476. The lowest BCUT2D eigenvalue weighted by Gasteiger charge is -2.15. The third kappa shape index (κ3) is 9.02. The first-order valence-electron chi connectivity index (χ1n) is 8.56. The van der Waals surface area contributed by atoms with E-state index in [9.17, 15) is 4.79 Å². The number of hydrogen-bond donors (Lipinski definition) is 0. The molecule has 0 N–H and O–H groups in total. The molecule has 2 nitrogen and oxygen atoms in total. The summed E-state index contributed by atoms with van der Waals surface area (Å²) in [6.07, 6.45) is 19.3. The Kier molecular flexibility index (Phi) is 9.04. The van der Waals surface area contributed by atoms with Gasteiger partial charge >= 0.3 is 0 Å². The van der Waals surface area contributed by atoms with Crippen LogP contribution in [0.25, 0.3) is 0 Å². The van der Waals surface area contributed by atoms with Gasteiger partial charge in [-0.15, -0.1) is 0 Å². The summed E-state index contributed by atoms with van der Waals surface area (Å²) in [5, 5.41) is 0. The molecule has 0 aromatic carbocycles. The zero-order valence-electron chi connectivity index (χ0n) is 15.1. The number of carbonyl (C=O) groups excluding carboxylic acids is 1. The topological polar surface area (TPSA) is 20.3 Å². The van der Waals surface area contributed by atoms with Crippen LogP contribution in [0, 0.1) is 0 Å². The van der Waals surface area contributed by atoms with Crippen LogP contribution in [0.4, 0.5) is 0 Å². The Morgan fingerprint density at radius 1 is 1.00 bits per heavy atom. The molecular formula is C21H31NO. The molecule has 0 aromatic heterocycles. The Hall–Kier alpha value is -1.83. The van der Waals surface area contributed by atoms with Crippen LogP contribution >= 0.6 is 0 Å². The van der Waals surface area contributed by atoms with Gasteiger partial charge in [0.2, 0.25) is 5.91 Å². The van der Waals surface area contributed by atoms with Gasteiger partial charge < -0.3 is 4.90 Å². The molecule has 0 radical (unpaired) electrons. The monoisotopic (exact) mass is 313 g/mol. The van der Waals surface area contributed by atoms with Crippen LogP contribution in [-0.4, -0.2) is 17.4 Å². The molecular weight excluding hydrogens is 282 g/mol. The van der Waals surface area contributed by atoms with Gasteiger partial charge in [0.25, 0.3) is 0 Å². The first-order chi connectivity index (χ1) is 11.0. The molecule has 2 heteroatoms. The molecule has 0 aliphatic carbocycles. The van der Waals surface area contributed by atoms with Crippen molar-refractivity contribution in [2.75, 3.05) is 6.54 Å². The van der Waals surface area contributed by atoms with Crippen LogP contribution in [0.3, 0.4) is 0 Å². The second kappa shape index (κ2) is 10.8. The molecule has 0 saturated heterocycles. The van der Waals surface area contributed by atoms with Crippen molar-refractivity contribution < 1.29 is 4.79 Å². The highest BCUT2D eigenvalue weighted by Crippen LogP contribution is 2.12. The Morgan fingerprint density at radius 2 is 1.65 bits per heavy atom. The average Bonchev–Trinajstić information content (AvgIpc) is 2.69. The number of hydrogen-bond acceptors (Lipinski definition) is 1. The molecule has 23 heavy (non-hydrogen) atoms. The third-order valence-electron chi connectivity index (χ3n) is 3.89. The van der Waals surface area contributed by atoms with Crippen molar-refractivity contribution in [3.8, 4) is 0 Å². The van der Waals surface area contributed by atoms with Gasteiger partial charge in [-0.05, 0) is 59.5 Å². The number of nitrogens with zero attached hydrogens (tertiary/aromatic N) is 1. The van der Waals surface area contributed by atoms with Gasteiger partial charge in [0.1, 0.15) is 0 Å². The van der Waals surface area contributed by atoms with Crippen LogP contribution in [0.15, 0.2) is 59.4 Å². The minimum absolute atomic E-state index is 0.161. The second-order valence-electron chi connectivity index (χ2n) is 6.48. The molecule has 1 amide bonds. The van der Waals surface area contributed by atoms with Crippen LogP contribution in [-0.2, 0) is 4.79 Å². The largest absolute Gasteiger partial charge is 0.315 e. The summed E-state index contributed by atoms with van der Waals surface area (Å²) in [6, 6.07) is 0. The summed E-state index contributed by atoms with van der Waals surface area (Å²) in [4.78, 5) is 13.6. The molecule has 0 unspecified atom stereocenters. The van der Waals surface area contributed by atoms with Gasteiger partial charge in [0.15, 0.2) is 0 Å². The molecule has 0 bridgehead atoms. The fourth-order valence-electron chi connectivity index (χ4n) is 2.36. The SMILES string of the molecule is CC(C)=CCCC(C)=CCCC(C)=CCN1C=CC=CCC1=O. The lowest BCUT2D eigenvalue weighted by atomic mass is 10.1. The van der Waals surface area contributed by atoms with E-state index in [1.165, 1.54) is 16.7 Å². The summed E-state index contributed by atoms with van der Waals surface area (Å²) >= 11 is 0. The molecule has 1 rings (SSSR count). The van der Waals surface area contributed by atoms with E-state index in [1.807, 2.05) is 24.4 Å². The quantitative estimate of drug-likeness (QED) is 0.526. The van der Waals surface area contributed by atoms with E-state index in [1.54, 1.807) is 4.90 Å². The van der Waals surface area contributed by atoms with Crippen LogP contribution in [0.2, 0.25) is 0 Å². The number of rotatable bonds is 8. The van der Waals surface area contributed by atoms with Gasteiger partial charge in [-0.25, -0.2) is 0 Å². The highest BCUT2D eigenvalue weighted by Gasteiger charge is 2.08. The lowest BCUT2D eigenvalue weighted by Crippen LogP contribution is -2.24. The van der Waals surface area contributed by atoms with Crippen molar-refractivity contribution >= 4 is 5.91 Å². The second-order valence-corrected chi connectivity index (χ2v) is 6.48. The van der Waals surface area contributed by atoms with E-state index in [2.05, 4.69) is 45.9 Å². The van der Waals surface area contributed by atoms with Crippen molar-refractivity contribution in [3.05, 3.63) is 59.4 Å². The molecule has 0 spiro atoms. The van der Waals surface area contributed by atoms with Gasteiger partial charge in [-0.1, -0.05) is 47.1 Å². The highest BCUT2D eigenvalue weighted by atomic mass is 16.2. The van der Waals surface area contributed by atoms with Crippen molar-refractivity contribution in [2.45, 2.75) is 59.8 Å². The van der Waals surface area contributed by atoms with E-state index in [0.717, 1.165) is 25.7 Å². The third-order valence-corrected chi connectivity index (χ3v) is 3.89. The van der Waals surface area contributed by atoms with E-state index in [4.69, 9.17) is 0 Å². The normalized spacial score (nSPS) is 15.8. The minimum Gasteiger partial charge on any atom is -0.315 e. The smallest absolute Gasteiger partial charge is 0.230 e. The van der Waals surface area contributed by atoms with E-state index >= 15 is 0 Å². The van der Waals surface area contributed by atoms with Gasteiger partial charge in [-0.3, -0.25) is 4.79 Å². The molecule has 1 aliphatic rings. The Balaban J connectivity index is 2.33. The maximum atomic E-state index is 11.9. The zero-order chi connectivity index (χ0) is 17.1. The minimum atomic E-state index is 0.161. The first-order valence-corrected chi connectivity index (χ1v) is 8.56. The maximum Gasteiger partial charge on any atom is 0.230 e. The Morgan fingerprint density at radius 3 is 2.35 bits per heavy atom. The van der Waals surface area contributed by atoms with E-state index in [-0.39, 0.29) is 5.91 Å². The van der Waals surface area contributed by atoms with Gasteiger partial charge in [0, 0.05) is 19.2 Å². The summed E-state index contributed by atoms with van der Waals surface area (Å²) in [5.74, 6) is 0.161. The van der Waals surface area contributed by atoms with Crippen molar-refractivity contribution in [1.29, 1.82) is 0 Å². The molecule has 126 valence electrons. The average molecular weight is 313 g/mol. The number of amides is 1. The Labute approximate surface area is 142 Å². The number of carbonyl (C=O) groups is 1. The van der Waals surface area contributed by atoms with Gasteiger partial charge in [-0.2, -0.15) is 0 Å². The van der Waals surface area contributed by atoms with Crippen LogP contribution in [0.5, 0.6) is 0 Å². The summed E-state index contributed by atoms with van der Waals surface area (Å²) in [6.45, 7) is 9.33. The summed E-state index contributed by atoms with van der Waals surface area (Å²) in [5.41, 5.74) is 4.20. The lowest BCUT2D eigenvalue weighted by molar-refractivity contribution is -0.127. The Bertz CT molecular complexity index is 528. The molecule has 1 aliphatic heterocycles. The van der Waals surface area contributed by atoms with Crippen LogP contribution in [0.1, 0.15) is 59.8 Å². The molecule has 1 heterocycles. The summed E-state index contributed by atoms with van der Waals surface area (Å²) < 4.78 is 0. The van der Waals surface area contributed by atoms with Crippen molar-refractivity contribution in [1.82, 2.24) is 4.90 Å². The standard InChI is InChI=1S/C21H31NO/c1-18(2)10-8-11-19(3)12-9-13-20(4)15-17-22-16-7-5-6-14-21(22)23/h5-7,10,12,15-16H,8-9,11,13-14,17H2,1-4H3. The highest BCUT2D eigenvalue weighted by molar-refractivity contribution is 5.79. The zero-order valence-corrected chi connectivity index (χ0v) is 15.1. The molecule has 0 aromatic rings.